The van der Waals surface area contributed by atoms with E-state index in [0.29, 0.717) is 0 Å². The van der Waals surface area contributed by atoms with Gasteiger partial charge in [-0.3, -0.25) is 0 Å². The fourth-order valence-electron chi connectivity index (χ4n) is 0.396. The SMILES string of the molecule is COC(=O)n1cncn1. The maximum atomic E-state index is 10.5. The molecule has 0 aromatic carbocycles. The maximum Gasteiger partial charge on any atom is 0.435 e. The fourth-order valence-corrected chi connectivity index (χ4v) is 0.396. The van der Waals surface area contributed by atoms with E-state index in [-0.39, 0.29) is 0 Å². The molecule has 0 fully saturated rings. The van der Waals surface area contributed by atoms with E-state index >= 15 is 0 Å². The molecule has 1 aromatic heterocycles. The Kier molecular flexibility index (Phi) is 1.44. The summed E-state index contributed by atoms with van der Waals surface area (Å²) >= 11 is 0. The minimum absolute atomic E-state index is 0.535. The minimum atomic E-state index is -0.535. The predicted octanol–water partition coefficient (Wildman–Crippen LogP) is -0.107. The second-order valence-corrected chi connectivity index (χ2v) is 1.31. The van der Waals surface area contributed by atoms with Gasteiger partial charge in [0.05, 0.1) is 7.11 Å². The highest BCUT2D eigenvalue weighted by Gasteiger charge is 2.00. The first kappa shape index (κ1) is 5.74. The second-order valence-electron chi connectivity index (χ2n) is 1.31. The largest absolute Gasteiger partial charge is 0.451 e. The van der Waals surface area contributed by atoms with E-state index in [4.69, 9.17) is 0 Å². The van der Waals surface area contributed by atoms with E-state index in [0.717, 1.165) is 4.68 Å². The van der Waals surface area contributed by atoms with Crippen LogP contribution in [0.25, 0.3) is 0 Å². The van der Waals surface area contributed by atoms with Crippen LogP contribution in [-0.2, 0) is 4.74 Å². The van der Waals surface area contributed by atoms with E-state index in [1.165, 1.54) is 19.8 Å². The number of carbonyl (C=O) groups excluding carboxylic acids is 1. The summed E-state index contributed by atoms with van der Waals surface area (Å²) in [7, 11) is 1.28. The highest BCUT2D eigenvalue weighted by molar-refractivity contribution is 5.68. The van der Waals surface area contributed by atoms with Crippen molar-refractivity contribution >= 4 is 6.09 Å². The van der Waals surface area contributed by atoms with E-state index in [2.05, 4.69) is 14.8 Å². The number of hydrogen-bond donors (Lipinski definition) is 0. The van der Waals surface area contributed by atoms with Gasteiger partial charge in [0.25, 0.3) is 0 Å². The first-order valence-electron chi connectivity index (χ1n) is 2.27. The third-order valence-electron chi connectivity index (χ3n) is 0.780. The van der Waals surface area contributed by atoms with Crippen molar-refractivity contribution in [1.82, 2.24) is 14.8 Å². The van der Waals surface area contributed by atoms with Crippen molar-refractivity contribution in [1.29, 1.82) is 0 Å². The molecule has 0 saturated heterocycles. The molecular formula is C4H5N3O2. The molecule has 1 aromatic rings. The molecule has 9 heavy (non-hydrogen) atoms. The zero-order valence-electron chi connectivity index (χ0n) is 4.81. The van der Waals surface area contributed by atoms with Gasteiger partial charge in [-0.25, -0.2) is 9.78 Å². The van der Waals surface area contributed by atoms with Gasteiger partial charge in [-0.15, -0.1) is 5.10 Å². The molecule has 0 atom stereocenters. The van der Waals surface area contributed by atoms with Crippen LogP contribution in [0, 0.1) is 0 Å². The Bertz CT molecular complexity index is 194. The minimum Gasteiger partial charge on any atom is -0.451 e. The molecular weight excluding hydrogens is 122 g/mol. The van der Waals surface area contributed by atoms with Crippen LogP contribution in [0.4, 0.5) is 4.79 Å². The first-order valence-corrected chi connectivity index (χ1v) is 2.27. The lowest BCUT2D eigenvalue weighted by molar-refractivity contribution is 0.169. The van der Waals surface area contributed by atoms with Crippen molar-refractivity contribution in [2.45, 2.75) is 0 Å². The van der Waals surface area contributed by atoms with Crippen molar-refractivity contribution in [2.24, 2.45) is 0 Å². The quantitative estimate of drug-likeness (QED) is 0.488. The summed E-state index contributed by atoms with van der Waals surface area (Å²) in [5, 5.41) is 3.52. The van der Waals surface area contributed by atoms with Crippen molar-refractivity contribution < 1.29 is 9.53 Å². The van der Waals surface area contributed by atoms with Crippen LogP contribution in [0.3, 0.4) is 0 Å². The van der Waals surface area contributed by atoms with Gasteiger partial charge < -0.3 is 4.74 Å². The highest BCUT2D eigenvalue weighted by Crippen LogP contribution is 1.80. The highest BCUT2D eigenvalue weighted by atomic mass is 16.5. The molecule has 0 spiro atoms. The lowest BCUT2D eigenvalue weighted by Gasteiger charge is -1.92. The number of methoxy groups -OCH3 is 1. The predicted molar refractivity (Wildman–Crippen MR) is 27.8 cm³/mol. The molecule has 0 aliphatic heterocycles. The van der Waals surface area contributed by atoms with Gasteiger partial charge in [0, 0.05) is 0 Å². The van der Waals surface area contributed by atoms with Crippen molar-refractivity contribution in [3.63, 3.8) is 0 Å². The molecule has 0 aliphatic carbocycles. The lowest BCUT2D eigenvalue weighted by atomic mass is 11.1. The summed E-state index contributed by atoms with van der Waals surface area (Å²) in [6, 6.07) is 0. The summed E-state index contributed by atoms with van der Waals surface area (Å²) in [4.78, 5) is 14.1. The molecule has 1 heterocycles. The summed E-state index contributed by atoms with van der Waals surface area (Å²) < 4.78 is 5.32. The third-order valence-corrected chi connectivity index (χ3v) is 0.780. The smallest absolute Gasteiger partial charge is 0.435 e. The molecule has 5 heteroatoms. The van der Waals surface area contributed by atoms with E-state index in [1.54, 1.807) is 0 Å². The van der Waals surface area contributed by atoms with Gasteiger partial charge in [0.15, 0.2) is 0 Å². The average Bonchev–Trinajstić information content (AvgIpc) is 2.37. The van der Waals surface area contributed by atoms with Gasteiger partial charge in [0.1, 0.15) is 12.7 Å². The summed E-state index contributed by atoms with van der Waals surface area (Å²) in [6.07, 6.45) is 2.00. The van der Waals surface area contributed by atoms with Crippen molar-refractivity contribution in [3.05, 3.63) is 12.7 Å². The Morgan fingerprint density at radius 3 is 3.00 bits per heavy atom. The monoisotopic (exact) mass is 127 g/mol. The van der Waals surface area contributed by atoms with Crippen molar-refractivity contribution in [3.8, 4) is 0 Å². The number of nitrogens with zero attached hydrogens (tertiary/aromatic N) is 3. The van der Waals surface area contributed by atoms with E-state index < -0.39 is 6.09 Å². The van der Waals surface area contributed by atoms with Gasteiger partial charge in [-0.1, -0.05) is 0 Å². The molecule has 0 amide bonds. The Morgan fingerprint density at radius 2 is 2.56 bits per heavy atom. The Morgan fingerprint density at radius 1 is 1.78 bits per heavy atom. The zero-order valence-corrected chi connectivity index (χ0v) is 4.81. The standard InChI is InChI=1S/C4H5N3O2/c1-9-4(8)7-3-5-2-6-7/h2-3H,1H3. The molecule has 0 saturated carbocycles. The Balaban J connectivity index is 2.77. The fraction of sp³-hybridized carbons (Fsp3) is 0.250. The number of ether oxygens (including phenoxy) is 1. The number of rotatable bonds is 0. The maximum absolute atomic E-state index is 10.5. The molecule has 0 unspecified atom stereocenters. The zero-order chi connectivity index (χ0) is 6.69. The van der Waals surface area contributed by atoms with Crippen molar-refractivity contribution in [2.75, 3.05) is 7.11 Å². The van der Waals surface area contributed by atoms with Gasteiger partial charge in [-0.05, 0) is 0 Å². The summed E-state index contributed by atoms with van der Waals surface area (Å²) in [5.74, 6) is 0. The van der Waals surface area contributed by atoms with Crippen LogP contribution < -0.4 is 0 Å². The van der Waals surface area contributed by atoms with Crippen LogP contribution >= 0.6 is 0 Å². The molecule has 0 radical (unpaired) electrons. The molecule has 5 nitrogen and oxygen atoms in total. The summed E-state index contributed by atoms with van der Waals surface area (Å²) in [5.41, 5.74) is 0. The Labute approximate surface area is 51.3 Å². The van der Waals surface area contributed by atoms with E-state index in [1.807, 2.05) is 0 Å². The van der Waals surface area contributed by atoms with Gasteiger partial charge in [-0.2, -0.15) is 4.68 Å². The van der Waals surface area contributed by atoms with Crippen LogP contribution in [0.15, 0.2) is 12.7 Å². The third kappa shape index (κ3) is 1.04. The Hall–Kier alpha value is -1.39. The normalized spacial score (nSPS) is 9.00. The molecule has 1 rings (SSSR count). The molecule has 48 valence electrons. The van der Waals surface area contributed by atoms with Gasteiger partial charge in [0.2, 0.25) is 0 Å². The number of hydrogen-bond acceptors (Lipinski definition) is 4. The topological polar surface area (TPSA) is 57.0 Å². The van der Waals surface area contributed by atoms with Crippen LogP contribution in [0.1, 0.15) is 0 Å². The van der Waals surface area contributed by atoms with Gasteiger partial charge >= 0.3 is 6.09 Å². The average molecular weight is 127 g/mol. The second kappa shape index (κ2) is 2.25. The first-order chi connectivity index (χ1) is 4.34. The number of aromatic nitrogens is 3. The van der Waals surface area contributed by atoms with Crippen LogP contribution in [0.5, 0.6) is 0 Å². The summed E-state index contributed by atoms with van der Waals surface area (Å²) in [6.45, 7) is 0. The van der Waals surface area contributed by atoms with E-state index in [9.17, 15) is 4.79 Å². The van der Waals surface area contributed by atoms with Crippen LogP contribution in [-0.4, -0.2) is 28.0 Å². The molecule has 0 bridgehead atoms. The molecule has 0 N–H and O–H groups in total. The number of carbonyl (C=O) groups is 1. The molecule has 0 aliphatic rings. The lowest BCUT2D eigenvalue weighted by Crippen LogP contribution is -2.11. The van der Waals surface area contributed by atoms with Crippen LogP contribution in [0.2, 0.25) is 0 Å².